The van der Waals surface area contributed by atoms with E-state index in [0.717, 1.165) is 0 Å². The number of aromatic nitrogens is 2. The van der Waals surface area contributed by atoms with E-state index in [0.29, 0.717) is 36.4 Å². The van der Waals surface area contributed by atoms with Gasteiger partial charge in [-0.1, -0.05) is 12.1 Å². The molecule has 0 spiro atoms. The Morgan fingerprint density at radius 3 is 2.62 bits per heavy atom. The van der Waals surface area contributed by atoms with Crippen LogP contribution in [0.3, 0.4) is 0 Å². The maximum atomic E-state index is 12.2. The molecule has 1 aromatic heterocycles. The van der Waals surface area contributed by atoms with E-state index < -0.39 is 6.10 Å². The van der Waals surface area contributed by atoms with Gasteiger partial charge in [-0.25, -0.2) is 4.98 Å². The number of nitrogens with zero attached hydrogens (tertiary/aromatic N) is 2. The van der Waals surface area contributed by atoms with Crippen LogP contribution in [0.4, 0.5) is 0 Å². The molecule has 0 aliphatic rings. The van der Waals surface area contributed by atoms with E-state index in [2.05, 4.69) is 28.7 Å². The first-order valence-electron chi connectivity index (χ1n) is 8.38. The minimum atomic E-state index is -0.582. The summed E-state index contributed by atoms with van der Waals surface area (Å²) in [6.07, 6.45) is -0.493. The van der Waals surface area contributed by atoms with Gasteiger partial charge in [0.2, 0.25) is 0 Å². The highest BCUT2D eigenvalue weighted by Gasteiger charge is 2.17. The van der Waals surface area contributed by atoms with Crippen molar-refractivity contribution < 1.29 is 9.84 Å². The largest absolute Gasteiger partial charge is 0.389 e. The van der Waals surface area contributed by atoms with E-state index >= 15 is 0 Å². The molecule has 2 N–H and O–H groups in total. The van der Waals surface area contributed by atoms with Gasteiger partial charge in [0.15, 0.2) is 0 Å². The van der Waals surface area contributed by atoms with Crippen LogP contribution >= 0.6 is 0 Å². The average molecular weight is 333 g/mol. The lowest BCUT2D eigenvalue weighted by atomic mass is 10.2. The lowest BCUT2D eigenvalue weighted by molar-refractivity contribution is -0.0140. The van der Waals surface area contributed by atoms with Crippen molar-refractivity contribution in [2.45, 2.75) is 52.5 Å². The Hall–Kier alpha value is -1.76. The van der Waals surface area contributed by atoms with E-state index in [4.69, 9.17) is 4.74 Å². The van der Waals surface area contributed by atoms with Gasteiger partial charge in [0.25, 0.3) is 5.56 Å². The summed E-state index contributed by atoms with van der Waals surface area (Å²) in [6.45, 7) is 9.21. The number of aromatic amines is 1. The Morgan fingerprint density at radius 2 is 1.96 bits per heavy atom. The maximum Gasteiger partial charge on any atom is 0.258 e. The van der Waals surface area contributed by atoms with Crippen molar-refractivity contribution in [2.24, 2.45) is 0 Å². The highest BCUT2D eigenvalue weighted by atomic mass is 16.5. The van der Waals surface area contributed by atoms with Gasteiger partial charge in [0.1, 0.15) is 5.82 Å². The third-order valence-corrected chi connectivity index (χ3v) is 3.81. The van der Waals surface area contributed by atoms with Gasteiger partial charge in [0, 0.05) is 12.6 Å². The zero-order valence-corrected chi connectivity index (χ0v) is 14.8. The molecule has 6 nitrogen and oxygen atoms in total. The quantitative estimate of drug-likeness (QED) is 0.772. The number of hydrogen-bond donors (Lipinski definition) is 2. The summed E-state index contributed by atoms with van der Waals surface area (Å²) in [5, 5.41) is 10.7. The predicted molar refractivity (Wildman–Crippen MR) is 95.0 cm³/mol. The summed E-state index contributed by atoms with van der Waals surface area (Å²) < 4.78 is 5.46. The summed E-state index contributed by atoms with van der Waals surface area (Å²) in [6, 6.07) is 7.49. The highest BCUT2D eigenvalue weighted by Crippen LogP contribution is 2.10. The molecule has 0 bridgehead atoms. The van der Waals surface area contributed by atoms with Crippen molar-refractivity contribution in [1.82, 2.24) is 14.9 Å². The molecule has 0 radical (unpaired) electrons. The smallest absolute Gasteiger partial charge is 0.258 e. The van der Waals surface area contributed by atoms with Gasteiger partial charge in [-0.15, -0.1) is 0 Å². The monoisotopic (exact) mass is 333 g/mol. The van der Waals surface area contributed by atoms with Crippen LogP contribution in [0.5, 0.6) is 0 Å². The number of H-pyrrole nitrogens is 1. The number of benzene rings is 1. The van der Waals surface area contributed by atoms with Crippen LogP contribution in [-0.4, -0.2) is 51.4 Å². The maximum absolute atomic E-state index is 12.2. The minimum absolute atomic E-state index is 0.0886. The molecular weight excluding hydrogens is 306 g/mol. The number of fused-ring (bicyclic) bond motifs is 1. The Morgan fingerprint density at radius 1 is 1.25 bits per heavy atom. The van der Waals surface area contributed by atoms with Crippen molar-refractivity contribution in [3.63, 3.8) is 0 Å². The average Bonchev–Trinajstić information content (AvgIpc) is 2.52. The van der Waals surface area contributed by atoms with E-state index in [1.54, 1.807) is 6.07 Å². The fourth-order valence-electron chi connectivity index (χ4n) is 2.49. The topological polar surface area (TPSA) is 78.5 Å². The number of hydrogen-bond acceptors (Lipinski definition) is 5. The molecule has 1 aromatic carbocycles. The lowest BCUT2D eigenvalue weighted by Crippen LogP contribution is -2.39. The molecule has 2 rings (SSSR count). The molecule has 0 amide bonds. The number of nitrogens with one attached hydrogen (secondary N) is 1. The number of rotatable bonds is 8. The first kappa shape index (κ1) is 18.6. The second-order valence-electron chi connectivity index (χ2n) is 6.59. The molecule has 6 heteroatoms. The van der Waals surface area contributed by atoms with Gasteiger partial charge >= 0.3 is 0 Å². The Bertz CT molecular complexity index is 712. The Labute approximate surface area is 142 Å². The van der Waals surface area contributed by atoms with E-state index in [9.17, 15) is 9.90 Å². The van der Waals surface area contributed by atoms with Crippen molar-refractivity contribution in [2.75, 3.05) is 13.2 Å². The summed E-state index contributed by atoms with van der Waals surface area (Å²) in [5.74, 6) is 0.601. The molecule has 0 saturated heterocycles. The molecule has 1 atom stereocenters. The van der Waals surface area contributed by atoms with Gasteiger partial charge in [-0.2, -0.15) is 0 Å². The molecule has 24 heavy (non-hydrogen) atoms. The second-order valence-corrected chi connectivity index (χ2v) is 6.59. The highest BCUT2D eigenvalue weighted by molar-refractivity contribution is 5.77. The number of aliphatic hydroxyl groups is 1. The summed E-state index contributed by atoms with van der Waals surface area (Å²) in [7, 11) is 0. The van der Waals surface area contributed by atoms with E-state index in [1.165, 1.54) is 0 Å². The lowest BCUT2D eigenvalue weighted by Gasteiger charge is -2.28. The van der Waals surface area contributed by atoms with Crippen LogP contribution in [-0.2, 0) is 11.3 Å². The molecule has 0 saturated carbocycles. The van der Waals surface area contributed by atoms with Crippen molar-refractivity contribution in [3.05, 3.63) is 40.4 Å². The standard InChI is InChI=1S/C18H27N3O3/c1-12(2)21(9-14(22)11-24-13(3)4)10-17-19-16-8-6-5-7-15(16)18(23)20-17/h5-8,12-14,22H,9-11H2,1-4H3,(H,19,20,23). The number of aliphatic hydroxyl groups excluding tert-OH is 1. The summed E-state index contributed by atoms with van der Waals surface area (Å²) >= 11 is 0. The molecule has 1 unspecified atom stereocenters. The molecule has 0 aliphatic carbocycles. The van der Waals surface area contributed by atoms with Gasteiger partial charge in [-0.3, -0.25) is 9.69 Å². The van der Waals surface area contributed by atoms with Gasteiger partial charge < -0.3 is 14.8 Å². The van der Waals surface area contributed by atoms with Crippen molar-refractivity contribution in [3.8, 4) is 0 Å². The molecule has 0 aliphatic heterocycles. The fourth-order valence-corrected chi connectivity index (χ4v) is 2.49. The molecule has 1 heterocycles. The van der Waals surface area contributed by atoms with Gasteiger partial charge in [-0.05, 0) is 39.8 Å². The molecule has 2 aromatic rings. The third-order valence-electron chi connectivity index (χ3n) is 3.81. The SMILES string of the molecule is CC(C)OCC(O)CN(Cc1nc2ccccc2c(=O)[nH]1)C(C)C. The third kappa shape index (κ3) is 5.12. The van der Waals surface area contributed by atoms with Crippen LogP contribution in [0.25, 0.3) is 10.9 Å². The molecule has 132 valence electrons. The molecule has 0 fully saturated rings. The second kappa shape index (κ2) is 8.37. The van der Waals surface area contributed by atoms with Crippen LogP contribution in [0.15, 0.2) is 29.1 Å². The zero-order valence-electron chi connectivity index (χ0n) is 14.8. The Balaban J connectivity index is 2.11. The first-order valence-corrected chi connectivity index (χ1v) is 8.38. The number of ether oxygens (including phenoxy) is 1. The first-order chi connectivity index (χ1) is 11.4. The predicted octanol–water partition coefficient (Wildman–Crippen LogP) is 1.92. The van der Waals surface area contributed by atoms with Crippen molar-refractivity contribution >= 4 is 10.9 Å². The van der Waals surface area contributed by atoms with Crippen LogP contribution in [0.1, 0.15) is 33.5 Å². The fraction of sp³-hybridized carbons (Fsp3) is 0.556. The summed E-state index contributed by atoms with van der Waals surface area (Å²) in [4.78, 5) is 21.6. The van der Waals surface area contributed by atoms with Gasteiger partial charge in [0.05, 0.1) is 36.3 Å². The number of para-hydroxylation sites is 1. The molecular formula is C18H27N3O3. The van der Waals surface area contributed by atoms with E-state index in [-0.39, 0.29) is 17.7 Å². The van der Waals surface area contributed by atoms with E-state index in [1.807, 2.05) is 32.0 Å². The van der Waals surface area contributed by atoms with Crippen LogP contribution in [0, 0.1) is 0 Å². The minimum Gasteiger partial charge on any atom is -0.389 e. The zero-order chi connectivity index (χ0) is 17.7. The van der Waals surface area contributed by atoms with Crippen molar-refractivity contribution in [1.29, 1.82) is 0 Å². The van der Waals surface area contributed by atoms with Crippen LogP contribution in [0.2, 0.25) is 0 Å². The normalized spacial score (nSPS) is 13.3. The summed E-state index contributed by atoms with van der Waals surface area (Å²) in [5.41, 5.74) is 0.548. The van der Waals surface area contributed by atoms with Crippen LogP contribution < -0.4 is 5.56 Å². The Kier molecular flexibility index (Phi) is 6.48.